The van der Waals surface area contributed by atoms with Gasteiger partial charge in [0.1, 0.15) is 6.54 Å². The molecule has 0 atom stereocenters. The standard InChI is InChI=1S/C9H13NO3S/c1-2-4-13-9(12)6-10-3-5-14-7-8(10)11/h3,5H,2,4,6-7H2,1H3. The van der Waals surface area contributed by atoms with Crippen LogP contribution in [0.3, 0.4) is 0 Å². The summed E-state index contributed by atoms with van der Waals surface area (Å²) in [6, 6.07) is 0. The highest BCUT2D eigenvalue weighted by Gasteiger charge is 2.17. The molecule has 1 aliphatic rings. The minimum Gasteiger partial charge on any atom is -0.464 e. The largest absolute Gasteiger partial charge is 0.464 e. The van der Waals surface area contributed by atoms with Gasteiger partial charge >= 0.3 is 5.97 Å². The van der Waals surface area contributed by atoms with Gasteiger partial charge in [0.25, 0.3) is 0 Å². The maximum absolute atomic E-state index is 11.2. The van der Waals surface area contributed by atoms with Crippen LogP contribution >= 0.6 is 11.8 Å². The van der Waals surface area contributed by atoms with Crippen molar-refractivity contribution >= 4 is 23.6 Å². The summed E-state index contributed by atoms with van der Waals surface area (Å²) >= 11 is 1.43. The first-order valence-corrected chi connectivity index (χ1v) is 5.52. The summed E-state index contributed by atoms with van der Waals surface area (Å²) in [5, 5.41) is 1.80. The lowest BCUT2D eigenvalue weighted by molar-refractivity contribution is -0.147. The van der Waals surface area contributed by atoms with Crippen LogP contribution in [0.2, 0.25) is 0 Å². The van der Waals surface area contributed by atoms with Gasteiger partial charge in [-0.1, -0.05) is 6.92 Å². The topological polar surface area (TPSA) is 46.6 Å². The lowest BCUT2D eigenvalue weighted by Crippen LogP contribution is -2.34. The van der Waals surface area contributed by atoms with Crippen LogP contribution in [0, 0.1) is 0 Å². The molecule has 0 spiro atoms. The van der Waals surface area contributed by atoms with E-state index < -0.39 is 0 Å². The molecule has 78 valence electrons. The fourth-order valence-electron chi connectivity index (χ4n) is 0.943. The van der Waals surface area contributed by atoms with Gasteiger partial charge < -0.3 is 9.64 Å². The molecule has 0 aromatic heterocycles. The molecular formula is C9H13NO3S. The number of hydrogen-bond donors (Lipinski definition) is 0. The number of rotatable bonds is 4. The summed E-state index contributed by atoms with van der Waals surface area (Å²) in [7, 11) is 0. The van der Waals surface area contributed by atoms with Gasteiger partial charge in [0.2, 0.25) is 5.91 Å². The van der Waals surface area contributed by atoms with Gasteiger partial charge in [-0.25, -0.2) is 0 Å². The second kappa shape index (κ2) is 5.70. The molecule has 14 heavy (non-hydrogen) atoms. The lowest BCUT2D eigenvalue weighted by Gasteiger charge is -2.19. The van der Waals surface area contributed by atoms with E-state index in [-0.39, 0.29) is 18.4 Å². The van der Waals surface area contributed by atoms with Crippen molar-refractivity contribution in [3.8, 4) is 0 Å². The Morgan fingerprint density at radius 2 is 2.50 bits per heavy atom. The molecule has 0 saturated heterocycles. The Morgan fingerprint density at radius 3 is 3.14 bits per heavy atom. The minimum atomic E-state index is -0.350. The first-order chi connectivity index (χ1) is 6.74. The molecule has 0 aliphatic carbocycles. The summed E-state index contributed by atoms with van der Waals surface area (Å²) < 4.78 is 4.87. The van der Waals surface area contributed by atoms with Crippen molar-refractivity contribution in [2.24, 2.45) is 0 Å². The normalized spacial score (nSPS) is 15.8. The third-order valence-electron chi connectivity index (χ3n) is 1.63. The van der Waals surface area contributed by atoms with Gasteiger partial charge in [-0.15, -0.1) is 11.8 Å². The minimum absolute atomic E-state index is 0.0237. The molecule has 0 saturated carbocycles. The van der Waals surface area contributed by atoms with Crippen LogP contribution in [0.25, 0.3) is 0 Å². The van der Waals surface area contributed by atoms with Crippen LogP contribution < -0.4 is 0 Å². The van der Waals surface area contributed by atoms with Crippen LogP contribution in [-0.2, 0) is 14.3 Å². The molecule has 1 heterocycles. The fourth-order valence-corrected chi connectivity index (χ4v) is 1.58. The summed E-state index contributed by atoms with van der Waals surface area (Å²) in [5.41, 5.74) is 0. The van der Waals surface area contributed by atoms with E-state index in [1.54, 1.807) is 11.6 Å². The maximum Gasteiger partial charge on any atom is 0.326 e. The monoisotopic (exact) mass is 215 g/mol. The number of esters is 1. The highest BCUT2D eigenvalue weighted by molar-refractivity contribution is 8.02. The molecular weight excluding hydrogens is 202 g/mol. The Kier molecular flexibility index (Phi) is 4.52. The Bertz CT molecular complexity index is 252. The Hall–Kier alpha value is -0.970. The van der Waals surface area contributed by atoms with Gasteiger partial charge in [0.15, 0.2) is 0 Å². The zero-order valence-corrected chi connectivity index (χ0v) is 8.88. The molecule has 0 bridgehead atoms. The number of amides is 1. The summed E-state index contributed by atoms with van der Waals surface area (Å²) in [5.74, 6) is 0.0000757. The average Bonchev–Trinajstić information content (AvgIpc) is 2.18. The Labute approximate surface area is 87.3 Å². The van der Waals surface area contributed by atoms with Crippen molar-refractivity contribution < 1.29 is 14.3 Å². The quantitative estimate of drug-likeness (QED) is 0.656. The zero-order valence-electron chi connectivity index (χ0n) is 8.06. The van der Waals surface area contributed by atoms with Gasteiger partial charge in [0.05, 0.1) is 12.4 Å². The summed E-state index contributed by atoms with van der Waals surface area (Å²) in [6.07, 6.45) is 2.41. The summed E-state index contributed by atoms with van der Waals surface area (Å²) in [4.78, 5) is 23.8. The number of thioether (sulfide) groups is 1. The predicted octanol–water partition coefficient (Wildman–Crippen LogP) is 0.986. The first kappa shape index (κ1) is 11.1. The van der Waals surface area contributed by atoms with Crippen LogP contribution in [0.5, 0.6) is 0 Å². The van der Waals surface area contributed by atoms with E-state index in [0.29, 0.717) is 12.4 Å². The van der Waals surface area contributed by atoms with E-state index in [1.165, 1.54) is 16.7 Å². The molecule has 1 aliphatic heterocycles. The Morgan fingerprint density at radius 1 is 1.71 bits per heavy atom. The van der Waals surface area contributed by atoms with Gasteiger partial charge in [-0.05, 0) is 11.8 Å². The summed E-state index contributed by atoms with van der Waals surface area (Å²) in [6.45, 7) is 2.37. The van der Waals surface area contributed by atoms with Crippen molar-refractivity contribution in [3.63, 3.8) is 0 Å². The van der Waals surface area contributed by atoms with Crippen LogP contribution in [0.15, 0.2) is 11.6 Å². The van der Waals surface area contributed by atoms with Crippen molar-refractivity contribution in [3.05, 3.63) is 11.6 Å². The van der Waals surface area contributed by atoms with Crippen molar-refractivity contribution in [1.82, 2.24) is 4.90 Å². The van der Waals surface area contributed by atoms with Crippen LogP contribution in [-0.4, -0.2) is 35.7 Å². The van der Waals surface area contributed by atoms with Crippen molar-refractivity contribution in [2.75, 3.05) is 18.9 Å². The van der Waals surface area contributed by atoms with Gasteiger partial charge in [-0.2, -0.15) is 0 Å². The molecule has 1 rings (SSSR count). The number of carbonyl (C=O) groups is 2. The third-order valence-corrected chi connectivity index (χ3v) is 2.36. The van der Waals surface area contributed by atoms with Gasteiger partial charge in [0, 0.05) is 6.20 Å². The molecule has 5 heteroatoms. The SMILES string of the molecule is CCCOC(=O)CN1C=CSCC1=O. The van der Waals surface area contributed by atoms with Crippen molar-refractivity contribution in [1.29, 1.82) is 0 Å². The van der Waals surface area contributed by atoms with Crippen molar-refractivity contribution in [2.45, 2.75) is 13.3 Å². The second-order valence-corrected chi connectivity index (χ2v) is 3.73. The van der Waals surface area contributed by atoms with Crippen LogP contribution in [0.1, 0.15) is 13.3 Å². The zero-order chi connectivity index (χ0) is 10.4. The number of carbonyl (C=O) groups excluding carboxylic acids is 2. The average molecular weight is 215 g/mol. The Balaban J connectivity index is 2.35. The fraction of sp³-hybridized carbons (Fsp3) is 0.556. The molecule has 0 N–H and O–H groups in total. The maximum atomic E-state index is 11.2. The first-order valence-electron chi connectivity index (χ1n) is 4.47. The number of ether oxygens (including phenoxy) is 1. The van der Waals surface area contributed by atoms with E-state index in [2.05, 4.69) is 0 Å². The van der Waals surface area contributed by atoms with E-state index in [9.17, 15) is 9.59 Å². The van der Waals surface area contributed by atoms with E-state index in [0.717, 1.165) is 6.42 Å². The highest BCUT2D eigenvalue weighted by Crippen LogP contribution is 2.11. The molecule has 4 nitrogen and oxygen atoms in total. The van der Waals surface area contributed by atoms with E-state index in [4.69, 9.17) is 4.74 Å². The molecule has 0 unspecified atom stereocenters. The smallest absolute Gasteiger partial charge is 0.326 e. The number of hydrogen-bond acceptors (Lipinski definition) is 4. The van der Waals surface area contributed by atoms with Crippen LogP contribution in [0.4, 0.5) is 0 Å². The van der Waals surface area contributed by atoms with E-state index in [1.807, 2.05) is 6.92 Å². The van der Waals surface area contributed by atoms with E-state index >= 15 is 0 Å². The number of nitrogens with zero attached hydrogens (tertiary/aromatic N) is 1. The molecule has 0 aromatic carbocycles. The lowest BCUT2D eigenvalue weighted by atomic mass is 10.5. The molecule has 0 aromatic rings. The van der Waals surface area contributed by atoms with Gasteiger partial charge in [-0.3, -0.25) is 9.59 Å². The second-order valence-electron chi connectivity index (χ2n) is 2.84. The molecule has 0 radical (unpaired) electrons. The third kappa shape index (κ3) is 3.41. The molecule has 1 amide bonds. The highest BCUT2D eigenvalue weighted by atomic mass is 32.2. The predicted molar refractivity (Wildman–Crippen MR) is 54.6 cm³/mol. The molecule has 0 fully saturated rings.